The van der Waals surface area contributed by atoms with Crippen LogP contribution in [0.5, 0.6) is 0 Å². The number of hydrazine groups is 1. The van der Waals surface area contributed by atoms with E-state index in [0.717, 1.165) is 10.6 Å². The number of rotatable bonds is 4. The van der Waals surface area contributed by atoms with Gasteiger partial charge in [-0.3, -0.25) is 11.3 Å². The Morgan fingerprint density at radius 1 is 1.67 bits per heavy atom. The van der Waals surface area contributed by atoms with Crippen LogP contribution in [-0.2, 0) is 6.42 Å². The van der Waals surface area contributed by atoms with Gasteiger partial charge in [0.15, 0.2) is 5.22 Å². The molecular weight excluding hydrogens is 234 g/mol. The van der Waals surface area contributed by atoms with E-state index < -0.39 is 0 Å². The van der Waals surface area contributed by atoms with Gasteiger partial charge < -0.3 is 4.42 Å². The third-order valence-electron chi connectivity index (χ3n) is 2.08. The lowest BCUT2D eigenvalue weighted by molar-refractivity contribution is 0.526. The second kappa shape index (κ2) is 4.76. The van der Waals surface area contributed by atoms with Gasteiger partial charge in [0.25, 0.3) is 0 Å². The number of halogens is 1. The fourth-order valence-electron chi connectivity index (χ4n) is 1.34. The van der Waals surface area contributed by atoms with Crippen molar-refractivity contribution < 1.29 is 4.42 Å². The summed E-state index contributed by atoms with van der Waals surface area (Å²) < 4.78 is 5.02. The third-order valence-corrected chi connectivity index (χ3v) is 3.19. The van der Waals surface area contributed by atoms with Crippen molar-refractivity contribution in [2.45, 2.75) is 12.5 Å². The maximum atomic E-state index is 5.87. The summed E-state index contributed by atoms with van der Waals surface area (Å²) in [6, 6.07) is 1.74. The second-order valence-electron chi connectivity index (χ2n) is 3.00. The lowest BCUT2D eigenvalue weighted by Crippen LogP contribution is -2.29. The maximum absolute atomic E-state index is 5.87. The van der Waals surface area contributed by atoms with Crippen molar-refractivity contribution in [2.24, 2.45) is 5.84 Å². The van der Waals surface area contributed by atoms with E-state index in [1.165, 1.54) is 0 Å². The van der Waals surface area contributed by atoms with Crippen LogP contribution in [-0.4, -0.2) is 4.98 Å². The van der Waals surface area contributed by atoms with Crippen molar-refractivity contribution in [1.82, 2.24) is 10.4 Å². The lowest BCUT2D eigenvalue weighted by Gasteiger charge is -2.12. The van der Waals surface area contributed by atoms with Crippen LogP contribution in [0.2, 0.25) is 5.22 Å². The quantitative estimate of drug-likeness (QED) is 0.638. The van der Waals surface area contributed by atoms with Gasteiger partial charge in [-0.05, 0) is 17.7 Å². The second-order valence-corrected chi connectivity index (χ2v) is 4.32. The molecule has 2 aromatic rings. The first-order valence-electron chi connectivity index (χ1n) is 4.38. The number of hydrogen-bond donors (Lipinski definition) is 2. The number of nitrogens with one attached hydrogen (secondary N) is 1. The Hall–Kier alpha value is -0.880. The summed E-state index contributed by atoms with van der Waals surface area (Å²) in [6.45, 7) is 0. The number of nitrogens with zero attached hydrogens (tertiary/aromatic N) is 1. The standard InChI is InChI=1S/C9H10ClN3OS/c10-9-6(1-3-14-9)7(13-11)5-8-12-2-4-15-8/h1-4,7,13H,5,11H2. The van der Waals surface area contributed by atoms with Crippen LogP contribution in [0.1, 0.15) is 16.6 Å². The molecular formula is C9H10ClN3OS. The van der Waals surface area contributed by atoms with E-state index in [2.05, 4.69) is 10.4 Å². The molecule has 4 nitrogen and oxygen atoms in total. The van der Waals surface area contributed by atoms with Gasteiger partial charge in [-0.15, -0.1) is 11.3 Å². The number of hydrogen-bond acceptors (Lipinski definition) is 5. The molecule has 0 radical (unpaired) electrons. The molecule has 0 aliphatic heterocycles. The van der Waals surface area contributed by atoms with Crippen molar-refractivity contribution in [1.29, 1.82) is 0 Å². The fourth-order valence-corrected chi connectivity index (χ4v) is 2.25. The van der Waals surface area contributed by atoms with E-state index in [4.69, 9.17) is 21.9 Å². The fraction of sp³-hybridized carbons (Fsp3) is 0.222. The van der Waals surface area contributed by atoms with Crippen LogP contribution in [0.25, 0.3) is 0 Å². The highest BCUT2D eigenvalue weighted by Gasteiger charge is 2.17. The zero-order valence-corrected chi connectivity index (χ0v) is 9.39. The minimum atomic E-state index is -0.0672. The normalized spacial score (nSPS) is 12.9. The number of thiazole rings is 1. The largest absolute Gasteiger partial charge is 0.453 e. The molecule has 80 valence electrons. The monoisotopic (exact) mass is 243 g/mol. The van der Waals surface area contributed by atoms with Gasteiger partial charge in [0, 0.05) is 23.6 Å². The van der Waals surface area contributed by atoms with E-state index in [0.29, 0.717) is 11.6 Å². The van der Waals surface area contributed by atoms with E-state index in [9.17, 15) is 0 Å². The van der Waals surface area contributed by atoms with Crippen molar-refractivity contribution in [3.63, 3.8) is 0 Å². The molecule has 15 heavy (non-hydrogen) atoms. The Kier molecular flexibility index (Phi) is 3.37. The molecule has 0 fully saturated rings. The minimum Gasteiger partial charge on any atom is -0.453 e. The van der Waals surface area contributed by atoms with Gasteiger partial charge in [0.05, 0.1) is 17.3 Å². The zero-order chi connectivity index (χ0) is 10.7. The lowest BCUT2D eigenvalue weighted by atomic mass is 10.1. The molecule has 2 rings (SSSR count). The summed E-state index contributed by atoms with van der Waals surface area (Å²) in [5.74, 6) is 5.48. The highest BCUT2D eigenvalue weighted by molar-refractivity contribution is 7.09. The smallest absolute Gasteiger partial charge is 0.197 e. The Labute approximate surface area is 96.0 Å². The number of furan rings is 1. The number of nitrogens with two attached hydrogens (primary N) is 1. The van der Waals surface area contributed by atoms with Crippen molar-refractivity contribution in [2.75, 3.05) is 0 Å². The van der Waals surface area contributed by atoms with E-state index >= 15 is 0 Å². The van der Waals surface area contributed by atoms with Crippen LogP contribution in [0.15, 0.2) is 28.3 Å². The van der Waals surface area contributed by atoms with Crippen LogP contribution < -0.4 is 11.3 Å². The predicted octanol–water partition coefficient (Wildman–Crippen LogP) is 2.14. The average molecular weight is 244 g/mol. The molecule has 1 unspecified atom stereocenters. The van der Waals surface area contributed by atoms with E-state index in [-0.39, 0.29) is 6.04 Å². The highest BCUT2D eigenvalue weighted by atomic mass is 35.5. The zero-order valence-electron chi connectivity index (χ0n) is 7.81. The highest BCUT2D eigenvalue weighted by Crippen LogP contribution is 2.26. The Morgan fingerprint density at radius 2 is 2.53 bits per heavy atom. The molecule has 0 amide bonds. The number of aromatic nitrogens is 1. The molecule has 2 heterocycles. The van der Waals surface area contributed by atoms with Gasteiger partial charge in [-0.1, -0.05) is 0 Å². The Morgan fingerprint density at radius 3 is 3.07 bits per heavy atom. The van der Waals surface area contributed by atoms with Gasteiger partial charge in [-0.2, -0.15) is 0 Å². The van der Waals surface area contributed by atoms with Crippen molar-refractivity contribution in [3.05, 3.63) is 39.7 Å². The molecule has 0 aliphatic carbocycles. The Balaban J connectivity index is 2.15. The summed E-state index contributed by atoms with van der Waals surface area (Å²) in [6.07, 6.45) is 4.02. The first-order valence-corrected chi connectivity index (χ1v) is 5.64. The molecule has 0 saturated heterocycles. The van der Waals surface area contributed by atoms with Gasteiger partial charge in [-0.25, -0.2) is 4.98 Å². The van der Waals surface area contributed by atoms with Crippen molar-refractivity contribution >= 4 is 22.9 Å². The predicted molar refractivity (Wildman–Crippen MR) is 59.6 cm³/mol. The first-order chi connectivity index (χ1) is 7.31. The minimum absolute atomic E-state index is 0.0672. The summed E-state index contributed by atoms with van der Waals surface area (Å²) in [4.78, 5) is 4.19. The molecule has 0 saturated carbocycles. The molecule has 0 aromatic carbocycles. The summed E-state index contributed by atoms with van der Waals surface area (Å²) in [5, 5.41) is 3.31. The third kappa shape index (κ3) is 2.38. The SMILES string of the molecule is NNC(Cc1nccs1)c1ccoc1Cl. The molecule has 6 heteroatoms. The molecule has 0 aliphatic rings. The molecule has 3 N–H and O–H groups in total. The molecule has 0 spiro atoms. The van der Waals surface area contributed by atoms with Gasteiger partial charge >= 0.3 is 0 Å². The Bertz CT molecular complexity index is 415. The van der Waals surface area contributed by atoms with Gasteiger partial charge in [0.2, 0.25) is 0 Å². The topological polar surface area (TPSA) is 64.1 Å². The van der Waals surface area contributed by atoms with E-state index in [1.807, 2.05) is 5.38 Å². The molecule has 0 bridgehead atoms. The van der Waals surface area contributed by atoms with Gasteiger partial charge in [0.1, 0.15) is 0 Å². The summed E-state index contributed by atoms with van der Waals surface area (Å²) in [7, 11) is 0. The van der Waals surface area contributed by atoms with E-state index in [1.54, 1.807) is 29.9 Å². The molecule has 2 aromatic heterocycles. The van der Waals surface area contributed by atoms with Crippen molar-refractivity contribution in [3.8, 4) is 0 Å². The molecule has 1 atom stereocenters. The average Bonchev–Trinajstić information content (AvgIpc) is 2.85. The summed E-state index contributed by atoms with van der Waals surface area (Å²) in [5.41, 5.74) is 3.56. The summed E-state index contributed by atoms with van der Waals surface area (Å²) >= 11 is 7.46. The maximum Gasteiger partial charge on any atom is 0.197 e. The van der Waals surface area contributed by atoms with Crippen LogP contribution in [0, 0.1) is 0 Å². The van der Waals surface area contributed by atoms with Crippen LogP contribution in [0.3, 0.4) is 0 Å². The van der Waals surface area contributed by atoms with Crippen LogP contribution >= 0.6 is 22.9 Å². The first kappa shape index (κ1) is 10.6. The van der Waals surface area contributed by atoms with Crippen LogP contribution in [0.4, 0.5) is 0 Å².